The fourth-order valence-corrected chi connectivity index (χ4v) is 4.40. The van der Waals surface area contributed by atoms with Gasteiger partial charge >= 0.3 is 0 Å². The molecule has 1 aromatic heterocycles. The van der Waals surface area contributed by atoms with Crippen molar-refractivity contribution in [2.45, 2.75) is 58.2 Å². The summed E-state index contributed by atoms with van der Waals surface area (Å²) >= 11 is 0. The van der Waals surface area contributed by atoms with Gasteiger partial charge in [0.2, 0.25) is 0 Å². The molecule has 3 heteroatoms. The summed E-state index contributed by atoms with van der Waals surface area (Å²) in [6, 6.07) is 22.9. The maximum Gasteiger partial charge on any atom is 0.254 e. The first-order chi connectivity index (χ1) is 14.2. The molecular formula is C26H30N2O. The minimum atomic E-state index is 0.154. The number of benzene rings is 2. The molecule has 3 aromatic rings. The maximum absolute atomic E-state index is 13.4. The van der Waals surface area contributed by atoms with Gasteiger partial charge < -0.3 is 9.47 Å². The predicted molar refractivity (Wildman–Crippen MR) is 118 cm³/mol. The van der Waals surface area contributed by atoms with E-state index in [0.717, 1.165) is 24.9 Å². The van der Waals surface area contributed by atoms with Crippen LogP contribution in [0.1, 0.15) is 59.3 Å². The predicted octanol–water partition coefficient (Wildman–Crippen LogP) is 5.82. The molecule has 1 aliphatic rings. The Morgan fingerprint density at radius 2 is 1.66 bits per heavy atom. The summed E-state index contributed by atoms with van der Waals surface area (Å²) in [5.41, 5.74) is 4.61. The summed E-state index contributed by atoms with van der Waals surface area (Å²) in [6.07, 6.45) is 8.07. The summed E-state index contributed by atoms with van der Waals surface area (Å²) in [4.78, 5) is 15.5. The average Bonchev–Trinajstić information content (AvgIpc) is 3.21. The molecule has 3 nitrogen and oxygen atoms in total. The topological polar surface area (TPSA) is 25.2 Å². The lowest BCUT2D eigenvalue weighted by molar-refractivity contribution is 0.0608. The van der Waals surface area contributed by atoms with Crippen molar-refractivity contribution in [1.82, 2.24) is 9.47 Å². The third-order valence-corrected chi connectivity index (χ3v) is 6.15. The Balaban J connectivity index is 1.59. The fraction of sp³-hybridized carbons (Fsp3) is 0.346. The highest BCUT2D eigenvalue weighted by molar-refractivity contribution is 5.94. The number of aromatic nitrogens is 1. The van der Waals surface area contributed by atoms with Crippen molar-refractivity contribution in [3.63, 3.8) is 0 Å². The third kappa shape index (κ3) is 4.61. The SMILES string of the molecule is Cc1ccccc1Cn1cccc1CN(C(=O)c1ccccc1)C1CCCCC1. The van der Waals surface area contributed by atoms with E-state index in [9.17, 15) is 4.79 Å². The Morgan fingerprint density at radius 3 is 2.41 bits per heavy atom. The van der Waals surface area contributed by atoms with Crippen molar-refractivity contribution >= 4 is 5.91 Å². The van der Waals surface area contributed by atoms with E-state index < -0.39 is 0 Å². The Labute approximate surface area is 174 Å². The molecule has 0 spiro atoms. The van der Waals surface area contributed by atoms with Crippen molar-refractivity contribution in [2.75, 3.05) is 0 Å². The molecule has 0 unspecified atom stereocenters. The van der Waals surface area contributed by atoms with Crippen molar-refractivity contribution in [3.8, 4) is 0 Å². The van der Waals surface area contributed by atoms with Gasteiger partial charge in [-0.15, -0.1) is 0 Å². The van der Waals surface area contributed by atoms with Crippen LogP contribution in [0.3, 0.4) is 0 Å². The Bertz CT molecular complexity index is 938. The Morgan fingerprint density at radius 1 is 0.931 bits per heavy atom. The highest BCUT2D eigenvalue weighted by atomic mass is 16.2. The number of aryl methyl sites for hydroxylation is 1. The van der Waals surface area contributed by atoms with Gasteiger partial charge in [0, 0.05) is 30.0 Å². The van der Waals surface area contributed by atoms with E-state index in [1.807, 2.05) is 30.3 Å². The number of carbonyl (C=O) groups excluding carboxylic acids is 1. The third-order valence-electron chi connectivity index (χ3n) is 6.15. The van der Waals surface area contributed by atoms with Gasteiger partial charge in [-0.25, -0.2) is 0 Å². The molecule has 1 aliphatic carbocycles. The van der Waals surface area contributed by atoms with Gasteiger partial charge in [0.1, 0.15) is 0 Å². The highest BCUT2D eigenvalue weighted by Gasteiger charge is 2.27. The summed E-state index contributed by atoms with van der Waals surface area (Å²) in [6.45, 7) is 3.66. The second-order valence-corrected chi connectivity index (χ2v) is 8.14. The van der Waals surface area contributed by atoms with Gasteiger partial charge in [0.15, 0.2) is 0 Å². The zero-order valence-corrected chi connectivity index (χ0v) is 17.3. The van der Waals surface area contributed by atoms with Gasteiger partial charge in [-0.2, -0.15) is 0 Å². The van der Waals surface area contributed by atoms with E-state index in [-0.39, 0.29) is 5.91 Å². The monoisotopic (exact) mass is 386 g/mol. The smallest absolute Gasteiger partial charge is 0.254 e. The van der Waals surface area contributed by atoms with Crippen LogP contribution in [0.25, 0.3) is 0 Å². The second-order valence-electron chi connectivity index (χ2n) is 8.14. The van der Waals surface area contributed by atoms with E-state index >= 15 is 0 Å². The van der Waals surface area contributed by atoms with Gasteiger partial charge in [-0.3, -0.25) is 4.79 Å². The summed E-state index contributed by atoms with van der Waals surface area (Å²) in [7, 11) is 0. The molecule has 150 valence electrons. The van der Waals surface area contributed by atoms with Crippen LogP contribution in [0.4, 0.5) is 0 Å². The number of hydrogen-bond acceptors (Lipinski definition) is 1. The van der Waals surface area contributed by atoms with E-state index in [2.05, 4.69) is 59.0 Å². The van der Waals surface area contributed by atoms with Crippen molar-refractivity contribution in [1.29, 1.82) is 0 Å². The molecule has 0 N–H and O–H groups in total. The minimum absolute atomic E-state index is 0.154. The van der Waals surface area contributed by atoms with Crippen LogP contribution in [-0.2, 0) is 13.1 Å². The molecule has 0 bridgehead atoms. The number of hydrogen-bond donors (Lipinski definition) is 0. The lowest BCUT2D eigenvalue weighted by Crippen LogP contribution is -2.41. The number of carbonyl (C=O) groups is 1. The number of amides is 1. The van der Waals surface area contributed by atoms with E-state index in [1.54, 1.807) is 0 Å². The molecular weight excluding hydrogens is 356 g/mol. The largest absolute Gasteiger partial charge is 0.345 e. The zero-order chi connectivity index (χ0) is 20.1. The molecule has 1 fully saturated rings. The second kappa shape index (κ2) is 9.13. The average molecular weight is 387 g/mol. The quantitative estimate of drug-likeness (QED) is 0.524. The van der Waals surface area contributed by atoms with Crippen LogP contribution in [0.5, 0.6) is 0 Å². The lowest BCUT2D eigenvalue weighted by Gasteiger charge is -2.35. The van der Waals surface area contributed by atoms with Crippen LogP contribution in [-0.4, -0.2) is 21.4 Å². The fourth-order valence-electron chi connectivity index (χ4n) is 4.40. The highest BCUT2D eigenvalue weighted by Crippen LogP contribution is 2.26. The maximum atomic E-state index is 13.4. The standard InChI is InChI=1S/C26H30N2O/c1-21-11-8-9-14-23(21)19-27-18-10-17-25(27)20-28(24-15-6-3-7-16-24)26(29)22-12-4-2-5-13-22/h2,4-5,8-14,17-18,24H,3,6-7,15-16,19-20H2,1H3. The van der Waals surface area contributed by atoms with E-state index in [4.69, 9.17) is 0 Å². The number of rotatable bonds is 6. The van der Waals surface area contributed by atoms with Gasteiger partial charge in [0.05, 0.1) is 6.54 Å². The van der Waals surface area contributed by atoms with Crippen molar-refractivity contribution in [3.05, 3.63) is 95.3 Å². The normalized spacial score (nSPS) is 14.7. The Kier molecular flexibility index (Phi) is 6.14. The number of nitrogens with zero attached hydrogens (tertiary/aromatic N) is 2. The van der Waals surface area contributed by atoms with Gasteiger partial charge in [0.25, 0.3) is 5.91 Å². The van der Waals surface area contributed by atoms with Gasteiger partial charge in [-0.05, 0) is 55.2 Å². The molecule has 29 heavy (non-hydrogen) atoms. The minimum Gasteiger partial charge on any atom is -0.345 e. The van der Waals surface area contributed by atoms with Crippen LogP contribution in [0, 0.1) is 6.92 Å². The molecule has 0 radical (unpaired) electrons. The first-order valence-corrected chi connectivity index (χ1v) is 10.8. The molecule has 0 aliphatic heterocycles. The first-order valence-electron chi connectivity index (χ1n) is 10.8. The molecule has 1 amide bonds. The van der Waals surface area contributed by atoms with Crippen LogP contribution in [0.15, 0.2) is 72.9 Å². The summed E-state index contributed by atoms with van der Waals surface area (Å²) < 4.78 is 2.29. The van der Waals surface area contributed by atoms with E-state index in [0.29, 0.717) is 12.6 Å². The molecule has 2 aromatic carbocycles. The molecule has 0 saturated heterocycles. The van der Waals surface area contributed by atoms with Crippen LogP contribution < -0.4 is 0 Å². The van der Waals surface area contributed by atoms with Crippen LogP contribution in [0.2, 0.25) is 0 Å². The molecule has 4 rings (SSSR count). The molecule has 1 heterocycles. The Hall–Kier alpha value is -2.81. The molecule has 1 saturated carbocycles. The first kappa shape index (κ1) is 19.5. The van der Waals surface area contributed by atoms with Crippen molar-refractivity contribution in [2.24, 2.45) is 0 Å². The van der Waals surface area contributed by atoms with Crippen molar-refractivity contribution < 1.29 is 4.79 Å². The molecule has 0 atom stereocenters. The summed E-state index contributed by atoms with van der Waals surface area (Å²) in [5.74, 6) is 0.154. The lowest BCUT2D eigenvalue weighted by atomic mass is 9.93. The zero-order valence-electron chi connectivity index (χ0n) is 17.3. The van der Waals surface area contributed by atoms with E-state index in [1.165, 1.54) is 36.1 Å². The summed E-state index contributed by atoms with van der Waals surface area (Å²) in [5, 5.41) is 0. The van der Waals surface area contributed by atoms with Gasteiger partial charge in [-0.1, -0.05) is 61.7 Å². The van der Waals surface area contributed by atoms with Crippen LogP contribution >= 0.6 is 0 Å².